The van der Waals surface area contributed by atoms with Crippen LogP contribution in [0, 0.1) is 0 Å². The van der Waals surface area contributed by atoms with Crippen molar-refractivity contribution in [2.75, 3.05) is 19.0 Å². The first kappa shape index (κ1) is 12.2. The summed E-state index contributed by atoms with van der Waals surface area (Å²) in [7, 11) is 4.02. The maximum atomic E-state index is 5.72. The van der Waals surface area contributed by atoms with Gasteiger partial charge in [-0.1, -0.05) is 0 Å². The normalized spacial score (nSPS) is 10.9. The van der Waals surface area contributed by atoms with Gasteiger partial charge in [0.25, 0.3) is 0 Å². The molecular weight excluding hydrogens is 306 g/mol. The van der Waals surface area contributed by atoms with E-state index in [4.69, 9.17) is 4.42 Å². The Morgan fingerprint density at radius 3 is 2.58 bits per heavy atom. The van der Waals surface area contributed by atoms with Gasteiger partial charge in [0.15, 0.2) is 11.2 Å². The van der Waals surface area contributed by atoms with Crippen molar-refractivity contribution in [1.29, 1.82) is 0 Å². The molecule has 0 bridgehead atoms. The lowest BCUT2D eigenvalue weighted by Gasteiger charge is -2.11. The van der Waals surface area contributed by atoms with E-state index in [-0.39, 0.29) is 0 Å². The van der Waals surface area contributed by atoms with Crippen molar-refractivity contribution in [2.24, 2.45) is 0 Å². The van der Waals surface area contributed by atoms with Crippen LogP contribution in [-0.2, 0) is 0 Å². The molecular formula is C14H12BrN3O. The number of fused-ring (bicyclic) bond motifs is 1. The Morgan fingerprint density at radius 2 is 1.89 bits per heavy atom. The summed E-state index contributed by atoms with van der Waals surface area (Å²) < 4.78 is 6.60. The number of hydrogen-bond donors (Lipinski definition) is 0. The number of oxazole rings is 1. The second-order valence-electron chi connectivity index (χ2n) is 4.44. The lowest BCUT2D eigenvalue weighted by molar-refractivity contribution is 0.619. The van der Waals surface area contributed by atoms with Crippen LogP contribution in [0.25, 0.3) is 22.7 Å². The summed E-state index contributed by atoms with van der Waals surface area (Å²) in [5.74, 6) is 0.589. The van der Waals surface area contributed by atoms with E-state index < -0.39 is 0 Å². The molecule has 3 aromatic rings. The van der Waals surface area contributed by atoms with Crippen molar-refractivity contribution in [3.05, 3.63) is 41.0 Å². The Labute approximate surface area is 119 Å². The highest BCUT2D eigenvalue weighted by Gasteiger charge is 2.09. The van der Waals surface area contributed by atoms with Gasteiger partial charge in [0.2, 0.25) is 5.89 Å². The second-order valence-corrected chi connectivity index (χ2v) is 5.35. The van der Waals surface area contributed by atoms with Gasteiger partial charge in [0, 0.05) is 42.1 Å². The summed E-state index contributed by atoms with van der Waals surface area (Å²) in [6, 6.07) is 9.93. The van der Waals surface area contributed by atoms with E-state index >= 15 is 0 Å². The fourth-order valence-electron chi connectivity index (χ4n) is 1.82. The van der Waals surface area contributed by atoms with E-state index in [0.29, 0.717) is 17.1 Å². The molecule has 1 aromatic carbocycles. The monoisotopic (exact) mass is 317 g/mol. The third-order valence-corrected chi connectivity index (χ3v) is 3.28. The number of halogens is 1. The average Bonchev–Trinajstić information content (AvgIpc) is 2.81. The van der Waals surface area contributed by atoms with E-state index in [9.17, 15) is 0 Å². The molecule has 0 spiro atoms. The molecule has 0 amide bonds. The van der Waals surface area contributed by atoms with Gasteiger partial charge in [-0.2, -0.15) is 4.98 Å². The molecule has 96 valence electrons. The standard InChI is InChI=1S/C14H12BrN3O/c1-18(2)11-5-3-9(4-6-11)14-17-13-12(19-14)7-10(15)8-16-13/h3-8H,1-2H3. The highest BCUT2D eigenvalue weighted by molar-refractivity contribution is 9.10. The number of hydrogen-bond acceptors (Lipinski definition) is 4. The highest BCUT2D eigenvalue weighted by atomic mass is 79.9. The first-order chi connectivity index (χ1) is 9.13. The first-order valence-corrected chi connectivity index (χ1v) is 6.62. The van der Waals surface area contributed by atoms with Gasteiger partial charge in [-0.05, 0) is 40.2 Å². The first-order valence-electron chi connectivity index (χ1n) is 5.83. The third-order valence-electron chi connectivity index (χ3n) is 2.84. The summed E-state index contributed by atoms with van der Waals surface area (Å²) in [5.41, 5.74) is 3.39. The van der Waals surface area contributed by atoms with Crippen molar-refractivity contribution >= 4 is 32.8 Å². The van der Waals surface area contributed by atoms with Gasteiger partial charge in [-0.3, -0.25) is 0 Å². The fraction of sp³-hybridized carbons (Fsp3) is 0.143. The molecule has 0 fully saturated rings. The Hall–Kier alpha value is -1.88. The number of pyridine rings is 1. The summed E-state index contributed by atoms with van der Waals surface area (Å²) in [6.45, 7) is 0. The molecule has 19 heavy (non-hydrogen) atoms. The molecule has 2 heterocycles. The van der Waals surface area contributed by atoms with Crippen LogP contribution in [-0.4, -0.2) is 24.1 Å². The maximum Gasteiger partial charge on any atom is 0.228 e. The minimum atomic E-state index is 0.589. The van der Waals surface area contributed by atoms with Gasteiger partial charge in [-0.25, -0.2) is 4.98 Å². The minimum Gasteiger partial charge on any atom is -0.434 e. The maximum absolute atomic E-state index is 5.72. The molecule has 4 nitrogen and oxygen atoms in total. The van der Waals surface area contributed by atoms with Crippen LogP contribution in [0.4, 0.5) is 5.69 Å². The molecule has 0 radical (unpaired) electrons. The van der Waals surface area contributed by atoms with E-state index in [1.165, 1.54) is 0 Å². The third kappa shape index (κ3) is 2.33. The van der Waals surface area contributed by atoms with E-state index in [0.717, 1.165) is 15.7 Å². The predicted molar refractivity (Wildman–Crippen MR) is 79.3 cm³/mol. The topological polar surface area (TPSA) is 42.2 Å². The van der Waals surface area contributed by atoms with Gasteiger partial charge in [0.1, 0.15) is 0 Å². The van der Waals surface area contributed by atoms with E-state index in [2.05, 4.69) is 30.8 Å². The number of aromatic nitrogens is 2. The predicted octanol–water partition coefficient (Wildman–Crippen LogP) is 3.72. The SMILES string of the molecule is CN(C)c1ccc(-c2nc3ncc(Br)cc3o2)cc1. The van der Waals surface area contributed by atoms with Crippen LogP contribution in [0.3, 0.4) is 0 Å². The average molecular weight is 318 g/mol. The van der Waals surface area contributed by atoms with E-state index in [1.54, 1.807) is 6.20 Å². The number of anilines is 1. The van der Waals surface area contributed by atoms with Gasteiger partial charge in [0.05, 0.1) is 0 Å². The molecule has 0 saturated heterocycles. The molecule has 2 aromatic heterocycles. The van der Waals surface area contributed by atoms with Gasteiger partial charge >= 0.3 is 0 Å². The Balaban J connectivity index is 2.03. The zero-order valence-corrected chi connectivity index (χ0v) is 12.2. The Kier molecular flexibility index (Phi) is 2.98. The number of rotatable bonds is 2. The van der Waals surface area contributed by atoms with Crippen LogP contribution in [0.1, 0.15) is 0 Å². The molecule has 0 saturated carbocycles. The van der Waals surface area contributed by atoms with Gasteiger partial charge < -0.3 is 9.32 Å². The van der Waals surface area contributed by atoms with E-state index in [1.807, 2.05) is 44.4 Å². The minimum absolute atomic E-state index is 0.589. The van der Waals surface area contributed by atoms with Crippen molar-refractivity contribution < 1.29 is 4.42 Å². The molecule has 3 rings (SSSR count). The van der Waals surface area contributed by atoms with Crippen LogP contribution in [0.5, 0.6) is 0 Å². The molecule has 0 aliphatic rings. The molecule has 0 N–H and O–H groups in total. The number of nitrogens with zero attached hydrogens (tertiary/aromatic N) is 3. The summed E-state index contributed by atoms with van der Waals surface area (Å²) in [5, 5.41) is 0. The Bertz CT molecular complexity index is 719. The highest BCUT2D eigenvalue weighted by Crippen LogP contribution is 2.26. The summed E-state index contributed by atoms with van der Waals surface area (Å²) in [4.78, 5) is 10.6. The molecule has 5 heteroatoms. The molecule has 0 aliphatic carbocycles. The van der Waals surface area contributed by atoms with Crippen LogP contribution in [0.15, 0.2) is 45.4 Å². The zero-order valence-electron chi connectivity index (χ0n) is 10.6. The quantitative estimate of drug-likeness (QED) is 0.722. The number of benzene rings is 1. The fourth-order valence-corrected chi connectivity index (χ4v) is 2.13. The smallest absolute Gasteiger partial charge is 0.228 e. The molecule has 0 aliphatic heterocycles. The van der Waals surface area contributed by atoms with Crippen LogP contribution >= 0.6 is 15.9 Å². The summed E-state index contributed by atoms with van der Waals surface area (Å²) in [6.07, 6.45) is 1.71. The van der Waals surface area contributed by atoms with Crippen LogP contribution < -0.4 is 4.90 Å². The van der Waals surface area contributed by atoms with Crippen molar-refractivity contribution in [3.8, 4) is 11.5 Å². The van der Waals surface area contributed by atoms with Crippen molar-refractivity contribution in [1.82, 2.24) is 9.97 Å². The molecule has 0 unspecified atom stereocenters. The van der Waals surface area contributed by atoms with Crippen molar-refractivity contribution in [2.45, 2.75) is 0 Å². The van der Waals surface area contributed by atoms with Crippen LogP contribution in [0.2, 0.25) is 0 Å². The summed E-state index contributed by atoms with van der Waals surface area (Å²) >= 11 is 3.37. The lowest BCUT2D eigenvalue weighted by Crippen LogP contribution is -2.07. The Morgan fingerprint density at radius 1 is 1.16 bits per heavy atom. The zero-order chi connectivity index (χ0) is 13.4. The lowest BCUT2D eigenvalue weighted by atomic mass is 10.2. The van der Waals surface area contributed by atoms with Crippen molar-refractivity contribution in [3.63, 3.8) is 0 Å². The molecule has 0 atom stereocenters. The van der Waals surface area contributed by atoms with Gasteiger partial charge in [-0.15, -0.1) is 0 Å². The second kappa shape index (κ2) is 4.66. The largest absolute Gasteiger partial charge is 0.434 e.